The van der Waals surface area contributed by atoms with Gasteiger partial charge >= 0.3 is 0 Å². The molecule has 2 N–H and O–H groups in total. The molecule has 0 radical (unpaired) electrons. The maximum atomic E-state index is 9.49. The lowest BCUT2D eigenvalue weighted by Gasteiger charge is -2.24. The van der Waals surface area contributed by atoms with Crippen molar-refractivity contribution in [1.82, 2.24) is 15.0 Å². The molecule has 0 spiro atoms. The van der Waals surface area contributed by atoms with Crippen molar-refractivity contribution in [3.63, 3.8) is 0 Å². The molecule has 0 aromatic carbocycles. The van der Waals surface area contributed by atoms with Crippen molar-refractivity contribution in [2.24, 2.45) is 0 Å². The van der Waals surface area contributed by atoms with E-state index in [1.54, 1.807) is 13.4 Å². The van der Waals surface area contributed by atoms with E-state index in [-0.39, 0.29) is 18.8 Å². The first-order valence-corrected chi connectivity index (χ1v) is 6.02. The Hall–Kier alpha value is -1.66. The van der Waals surface area contributed by atoms with Gasteiger partial charge in [0.2, 0.25) is 0 Å². The number of nitrogens with one attached hydrogen (secondary N) is 1. The second-order valence-electron chi connectivity index (χ2n) is 4.52. The number of fused-ring (bicyclic) bond motifs is 1. The van der Waals surface area contributed by atoms with Crippen molar-refractivity contribution in [3.05, 3.63) is 18.6 Å². The molecule has 18 heavy (non-hydrogen) atoms. The molecule has 0 aliphatic carbocycles. The minimum Gasteiger partial charge on any atom is -0.394 e. The second kappa shape index (κ2) is 4.55. The fraction of sp³-hybridized carbons (Fsp3) is 0.500. The molecule has 2 atom stereocenters. The summed E-state index contributed by atoms with van der Waals surface area (Å²) in [6.45, 7) is 0.856. The van der Waals surface area contributed by atoms with Crippen LogP contribution in [0.2, 0.25) is 0 Å². The summed E-state index contributed by atoms with van der Waals surface area (Å²) in [5, 5.41) is 10.5. The molecule has 2 aromatic heterocycles. The number of aliphatic hydroxyl groups is 1. The highest BCUT2D eigenvalue weighted by Gasteiger charge is 2.33. The number of aromatic nitrogens is 3. The van der Waals surface area contributed by atoms with Gasteiger partial charge in [0, 0.05) is 19.9 Å². The summed E-state index contributed by atoms with van der Waals surface area (Å²) in [5.41, 5.74) is 0.817. The molecular formula is C12H16N4O2. The number of H-pyrrole nitrogens is 1. The van der Waals surface area contributed by atoms with Crippen LogP contribution in [0.1, 0.15) is 6.42 Å². The Bertz CT molecular complexity index is 542. The highest BCUT2D eigenvalue weighted by Crippen LogP contribution is 2.29. The quantitative estimate of drug-likeness (QED) is 0.829. The van der Waals surface area contributed by atoms with Crippen molar-refractivity contribution >= 4 is 16.9 Å². The van der Waals surface area contributed by atoms with Crippen LogP contribution in [0.3, 0.4) is 0 Å². The molecule has 1 aliphatic rings. The summed E-state index contributed by atoms with van der Waals surface area (Å²) >= 11 is 0. The van der Waals surface area contributed by atoms with Gasteiger partial charge in [0.1, 0.15) is 17.8 Å². The van der Waals surface area contributed by atoms with E-state index in [2.05, 4.69) is 19.9 Å². The number of ether oxygens (including phenoxy) is 1. The molecule has 0 bridgehead atoms. The average molecular weight is 248 g/mol. The number of hydrogen-bond acceptors (Lipinski definition) is 5. The standard InChI is InChI=1S/C12H16N4O2/c1-18-9-4-8(6-17)16(5-9)12-10-2-3-13-11(10)14-7-15-12/h2-3,7-9,17H,4-6H2,1H3,(H,13,14,15)/t8-,9-/m1/s1. The third-order valence-electron chi connectivity index (χ3n) is 3.53. The zero-order valence-corrected chi connectivity index (χ0v) is 10.2. The van der Waals surface area contributed by atoms with Crippen LogP contribution in [0.5, 0.6) is 0 Å². The minimum absolute atomic E-state index is 0.0583. The number of rotatable bonds is 3. The van der Waals surface area contributed by atoms with Crippen molar-refractivity contribution < 1.29 is 9.84 Å². The molecule has 0 amide bonds. The van der Waals surface area contributed by atoms with Gasteiger partial charge in [-0.15, -0.1) is 0 Å². The van der Waals surface area contributed by atoms with Crippen LogP contribution in [0.15, 0.2) is 18.6 Å². The molecule has 96 valence electrons. The summed E-state index contributed by atoms with van der Waals surface area (Å²) in [5.74, 6) is 0.861. The smallest absolute Gasteiger partial charge is 0.142 e. The van der Waals surface area contributed by atoms with E-state index >= 15 is 0 Å². The van der Waals surface area contributed by atoms with Gasteiger partial charge in [-0.25, -0.2) is 9.97 Å². The molecule has 6 nitrogen and oxygen atoms in total. The molecule has 1 fully saturated rings. The molecule has 0 saturated carbocycles. The summed E-state index contributed by atoms with van der Waals surface area (Å²) < 4.78 is 5.38. The number of nitrogens with zero attached hydrogens (tertiary/aromatic N) is 3. The maximum Gasteiger partial charge on any atom is 0.142 e. The van der Waals surface area contributed by atoms with Gasteiger partial charge in [0.25, 0.3) is 0 Å². The molecule has 0 unspecified atom stereocenters. The highest BCUT2D eigenvalue weighted by molar-refractivity contribution is 5.87. The predicted octanol–water partition coefficient (Wildman–Crippen LogP) is 0.544. The zero-order chi connectivity index (χ0) is 12.5. The van der Waals surface area contributed by atoms with Gasteiger partial charge in [0.05, 0.1) is 24.1 Å². The summed E-state index contributed by atoms with van der Waals surface area (Å²) in [7, 11) is 1.70. The van der Waals surface area contributed by atoms with Crippen LogP contribution >= 0.6 is 0 Å². The fourth-order valence-electron chi connectivity index (χ4n) is 2.56. The van der Waals surface area contributed by atoms with Crippen LogP contribution in [-0.2, 0) is 4.74 Å². The second-order valence-corrected chi connectivity index (χ2v) is 4.52. The lowest BCUT2D eigenvalue weighted by Crippen LogP contribution is -2.33. The van der Waals surface area contributed by atoms with Crippen molar-refractivity contribution in [2.75, 3.05) is 25.2 Å². The molecular weight excluding hydrogens is 232 g/mol. The molecule has 2 aromatic rings. The first-order chi connectivity index (χ1) is 8.83. The van der Waals surface area contributed by atoms with Gasteiger partial charge in [-0.05, 0) is 12.5 Å². The van der Waals surface area contributed by atoms with E-state index < -0.39 is 0 Å². The highest BCUT2D eigenvalue weighted by atomic mass is 16.5. The number of aromatic amines is 1. The number of hydrogen-bond donors (Lipinski definition) is 2. The van der Waals surface area contributed by atoms with Crippen LogP contribution in [-0.4, -0.2) is 52.5 Å². The lowest BCUT2D eigenvalue weighted by atomic mass is 10.2. The first-order valence-electron chi connectivity index (χ1n) is 6.02. The monoisotopic (exact) mass is 248 g/mol. The Labute approximate surface area is 105 Å². The van der Waals surface area contributed by atoms with Crippen molar-refractivity contribution in [2.45, 2.75) is 18.6 Å². The average Bonchev–Trinajstić information content (AvgIpc) is 3.04. The zero-order valence-electron chi connectivity index (χ0n) is 10.2. The van der Waals surface area contributed by atoms with E-state index in [4.69, 9.17) is 4.74 Å². The molecule has 1 saturated heterocycles. The van der Waals surface area contributed by atoms with E-state index in [1.165, 1.54) is 0 Å². The first kappa shape index (κ1) is 11.4. The van der Waals surface area contributed by atoms with Crippen molar-refractivity contribution in [3.8, 4) is 0 Å². The Kier molecular flexibility index (Phi) is 2.89. The fourth-order valence-corrected chi connectivity index (χ4v) is 2.56. The van der Waals surface area contributed by atoms with Gasteiger partial charge in [0.15, 0.2) is 0 Å². The van der Waals surface area contributed by atoms with Crippen molar-refractivity contribution in [1.29, 1.82) is 0 Å². The summed E-state index contributed by atoms with van der Waals surface area (Å²) in [4.78, 5) is 13.7. The summed E-state index contributed by atoms with van der Waals surface area (Å²) in [6, 6.07) is 2.02. The largest absolute Gasteiger partial charge is 0.394 e. The third kappa shape index (κ3) is 1.74. The van der Waals surface area contributed by atoms with Gasteiger partial charge in [-0.3, -0.25) is 0 Å². The Balaban J connectivity index is 2.00. The Morgan fingerprint density at radius 2 is 2.44 bits per heavy atom. The van der Waals surface area contributed by atoms with Crippen LogP contribution in [0.4, 0.5) is 5.82 Å². The Morgan fingerprint density at radius 3 is 3.22 bits per heavy atom. The maximum absolute atomic E-state index is 9.49. The molecule has 3 heterocycles. The number of anilines is 1. The van der Waals surface area contributed by atoms with Gasteiger partial charge in [-0.2, -0.15) is 0 Å². The molecule has 3 rings (SSSR count). The third-order valence-corrected chi connectivity index (χ3v) is 3.53. The van der Waals surface area contributed by atoms with Gasteiger partial charge < -0.3 is 19.7 Å². The topological polar surface area (TPSA) is 74.3 Å². The van der Waals surface area contributed by atoms with E-state index in [0.717, 1.165) is 29.8 Å². The molecule has 6 heteroatoms. The van der Waals surface area contributed by atoms with Crippen LogP contribution in [0.25, 0.3) is 11.0 Å². The summed E-state index contributed by atoms with van der Waals surface area (Å²) in [6.07, 6.45) is 4.36. The minimum atomic E-state index is 0.0583. The van der Waals surface area contributed by atoms with Gasteiger partial charge in [-0.1, -0.05) is 0 Å². The van der Waals surface area contributed by atoms with E-state index in [0.29, 0.717) is 0 Å². The number of methoxy groups -OCH3 is 1. The normalized spacial score (nSPS) is 24.0. The van der Waals surface area contributed by atoms with E-state index in [9.17, 15) is 5.11 Å². The Morgan fingerprint density at radius 1 is 1.56 bits per heavy atom. The lowest BCUT2D eigenvalue weighted by molar-refractivity contribution is 0.115. The van der Waals surface area contributed by atoms with Crippen LogP contribution < -0.4 is 4.90 Å². The van der Waals surface area contributed by atoms with E-state index in [1.807, 2.05) is 12.3 Å². The van der Waals surface area contributed by atoms with Crippen LogP contribution in [0, 0.1) is 0 Å². The SMILES string of the molecule is CO[C@@H]1C[C@H](CO)N(c2ncnc3[nH]ccc23)C1. The predicted molar refractivity (Wildman–Crippen MR) is 67.5 cm³/mol. The number of aliphatic hydroxyl groups excluding tert-OH is 1. The molecule has 1 aliphatic heterocycles.